The second-order valence-electron chi connectivity index (χ2n) is 5.61. The van der Waals surface area contributed by atoms with Gasteiger partial charge in [0.15, 0.2) is 0 Å². The lowest BCUT2D eigenvalue weighted by atomic mass is 9.89. The molecule has 106 valence electrons. The summed E-state index contributed by atoms with van der Waals surface area (Å²) in [4.78, 5) is 19.9. The van der Waals surface area contributed by atoms with Gasteiger partial charge in [-0.3, -0.25) is 4.79 Å². The molecule has 1 amide bonds. The van der Waals surface area contributed by atoms with Gasteiger partial charge in [-0.2, -0.15) is 0 Å². The first-order valence-corrected chi connectivity index (χ1v) is 7.31. The Labute approximate surface area is 119 Å². The number of aryl methyl sites for hydroxylation is 1. The molecule has 0 N–H and O–H groups in total. The van der Waals surface area contributed by atoms with E-state index in [9.17, 15) is 4.79 Å². The van der Waals surface area contributed by atoms with E-state index in [0.29, 0.717) is 0 Å². The van der Waals surface area contributed by atoms with Crippen molar-refractivity contribution in [3.05, 3.63) is 35.4 Å². The molecule has 0 saturated carbocycles. The van der Waals surface area contributed by atoms with E-state index in [1.165, 1.54) is 5.56 Å². The van der Waals surface area contributed by atoms with E-state index in [-0.39, 0.29) is 11.5 Å². The standard InChI is InChI=1S/C16H20N2O2/c1-2-13-3-5-14(6-4-13)15(19)18-11-8-16(9-12-18)7-10-17-20-16/h3-6,10H,2,7-9,11-12H2,1H3. The Morgan fingerprint density at radius 2 is 2.00 bits per heavy atom. The summed E-state index contributed by atoms with van der Waals surface area (Å²) >= 11 is 0. The number of benzene rings is 1. The van der Waals surface area contributed by atoms with E-state index in [1.54, 1.807) is 0 Å². The molecule has 2 aliphatic heterocycles. The van der Waals surface area contributed by atoms with Crippen molar-refractivity contribution in [2.45, 2.75) is 38.2 Å². The van der Waals surface area contributed by atoms with Crippen molar-refractivity contribution >= 4 is 12.1 Å². The number of oxime groups is 1. The lowest BCUT2D eigenvalue weighted by Gasteiger charge is -2.37. The molecule has 4 heteroatoms. The van der Waals surface area contributed by atoms with Gasteiger partial charge >= 0.3 is 0 Å². The summed E-state index contributed by atoms with van der Waals surface area (Å²) < 4.78 is 0. The Morgan fingerprint density at radius 3 is 2.55 bits per heavy atom. The number of hydrogen-bond donors (Lipinski definition) is 0. The first-order chi connectivity index (χ1) is 9.72. The molecule has 1 aromatic carbocycles. The highest BCUT2D eigenvalue weighted by atomic mass is 16.7. The van der Waals surface area contributed by atoms with Gasteiger partial charge in [0.2, 0.25) is 0 Å². The minimum atomic E-state index is -0.136. The quantitative estimate of drug-likeness (QED) is 0.830. The summed E-state index contributed by atoms with van der Waals surface area (Å²) in [5.74, 6) is 0.126. The van der Waals surface area contributed by atoms with E-state index in [2.05, 4.69) is 12.1 Å². The molecule has 0 radical (unpaired) electrons. The van der Waals surface area contributed by atoms with Gasteiger partial charge in [0, 0.05) is 44.1 Å². The Balaban J connectivity index is 1.63. The van der Waals surface area contributed by atoms with Gasteiger partial charge in [0.05, 0.1) is 0 Å². The van der Waals surface area contributed by atoms with Crippen LogP contribution in [-0.4, -0.2) is 35.7 Å². The highest BCUT2D eigenvalue weighted by Gasteiger charge is 2.39. The van der Waals surface area contributed by atoms with Crippen LogP contribution in [0.4, 0.5) is 0 Å². The van der Waals surface area contributed by atoms with Crippen LogP contribution in [0.15, 0.2) is 29.4 Å². The lowest BCUT2D eigenvalue weighted by molar-refractivity contribution is -0.0568. The van der Waals surface area contributed by atoms with Gasteiger partial charge in [-0.1, -0.05) is 24.2 Å². The van der Waals surface area contributed by atoms with Gasteiger partial charge in [-0.15, -0.1) is 0 Å². The van der Waals surface area contributed by atoms with Gasteiger partial charge in [-0.05, 0) is 24.1 Å². The molecule has 0 unspecified atom stereocenters. The molecule has 20 heavy (non-hydrogen) atoms. The van der Waals surface area contributed by atoms with Crippen LogP contribution in [0, 0.1) is 0 Å². The number of hydrogen-bond acceptors (Lipinski definition) is 3. The zero-order valence-electron chi connectivity index (χ0n) is 11.8. The number of piperidine rings is 1. The Morgan fingerprint density at radius 1 is 1.30 bits per heavy atom. The SMILES string of the molecule is CCc1ccc(C(=O)N2CCC3(CC=NO3)CC2)cc1. The van der Waals surface area contributed by atoms with Crippen molar-refractivity contribution in [2.24, 2.45) is 5.16 Å². The first kappa shape index (κ1) is 13.2. The van der Waals surface area contributed by atoms with Gasteiger partial charge < -0.3 is 9.74 Å². The number of likely N-dealkylation sites (tertiary alicyclic amines) is 1. The van der Waals surface area contributed by atoms with Crippen molar-refractivity contribution in [1.82, 2.24) is 4.90 Å². The summed E-state index contributed by atoms with van der Waals surface area (Å²) in [5.41, 5.74) is 1.90. The van der Waals surface area contributed by atoms with E-state index in [1.807, 2.05) is 35.4 Å². The Bertz CT molecular complexity index is 504. The third kappa shape index (κ3) is 2.42. The Kier molecular flexibility index (Phi) is 3.47. The zero-order valence-corrected chi connectivity index (χ0v) is 11.8. The summed E-state index contributed by atoms with van der Waals surface area (Å²) in [5, 5.41) is 3.88. The summed E-state index contributed by atoms with van der Waals surface area (Å²) in [7, 11) is 0. The molecule has 1 saturated heterocycles. The minimum absolute atomic E-state index is 0.126. The third-order valence-corrected chi connectivity index (χ3v) is 4.36. The van der Waals surface area contributed by atoms with E-state index in [4.69, 9.17) is 4.84 Å². The van der Waals surface area contributed by atoms with Crippen molar-refractivity contribution in [2.75, 3.05) is 13.1 Å². The van der Waals surface area contributed by atoms with Crippen LogP contribution in [0.3, 0.4) is 0 Å². The third-order valence-electron chi connectivity index (χ3n) is 4.36. The lowest BCUT2D eigenvalue weighted by Crippen LogP contribution is -2.46. The van der Waals surface area contributed by atoms with E-state index in [0.717, 1.165) is 44.3 Å². The van der Waals surface area contributed by atoms with Crippen LogP contribution >= 0.6 is 0 Å². The van der Waals surface area contributed by atoms with E-state index >= 15 is 0 Å². The Hall–Kier alpha value is -1.84. The number of nitrogens with zero attached hydrogens (tertiary/aromatic N) is 2. The fourth-order valence-electron chi connectivity index (χ4n) is 2.87. The number of carbonyl (C=O) groups excluding carboxylic acids is 1. The molecule has 4 nitrogen and oxygen atoms in total. The molecule has 1 aromatic rings. The molecule has 1 spiro atoms. The fraction of sp³-hybridized carbons (Fsp3) is 0.500. The average Bonchev–Trinajstić information content (AvgIpc) is 2.96. The molecule has 0 atom stereocenters. The van der Waals surface area contributed by atoms with Crippen LogP contribution in [0.1, 0.15) is 42.1 Å². The highest BCUT2D eigenvalue weighted by Crippen LogP contribution is 2.32. The van der Waals surface area contributed by atoms with Crippen LogP contribution in [0.5, 0.6) is 0 Å². The molecule has 1 fully saturated rings. The van der Waals surface area contributed by atoms with E-state index < -0.39 is 0 Å². The average molecular weight is 272 g/mol. The van der Waals surface area contributed by atoms with Gasteiger partial charge in [0.1, 0.15) is 5.60 Å². The van der Waals surface area contributed by atoms with Crippen LogP contribution < -0.4 is 0 Å². The van der Waals surface area contributed by atoms with Crippen LogP contribution in [0.25, 0.3) is 0 Å². The maximum atomic E-state index is 12.5. The van der Waals surface area contributed by atoms with Crippen molar-refractivity contribution in [3.8, 4) is 0 Å². The van der Waals surface area contributed by atoms with Crippen molar-refractivity contribution in [1.29, 1.82) is 0 Å². The van der Waals surface area contributed by atoms with Gasteiger partial charge in [0.25, 0.3) is 5.91 Å². The second kappa shape index (κ2) is 5.27. The number of carbonyl (C=O) groups is 1. The molecule has 3 rings (SSSR count). The molecule has 0 bridgehead atoms. The fourth-order valence-corrected chi connectivity index (χ4v) is 2.87. The minimum Gasteiger partial charge on any atom is -0.389 e. The summed E-state index contributed by atoms with van der Waals surface area (Å²) in [6, 6.07) is 7.93. The van der Waals surface area contributed by atoms with Gasteiger partial charge in [-0.25, -0.2) is 0 Å². The number of rotatable bonds is 2. The van der Waals surface area contributed by atoms with Crippen LogP contribution in [-0.2, 0) is 11.3 Å². The predicted molar refractivity (Wildman–Crippen MR) is 77.9 cm³/mol. The van der Waals surface area contributed by atoms with Crippen molar-refractivity contribution < 1.29 is 9.63 Å². The van der Waals surface area contributed by atoms with Crippen molar-refractivity contribution in [3.63, 3.8) is 0 Å². The zero-order chi connectivity index (χ0) is 14.0. The first-order valence-electron chi connectivity index (χ1n) is 7.31. The molecular formula is C16H20N2O2. The molecule has 0 aromatic heterocycles. The molecule has 2 aliphatic rings. The maximum absolute atomic E-state index is 12.5. The monoisotopic (exact) mass is 272 g/mol. The summed E-state index contributed by atoms with van der Waals surface area (Å²) in [6.45, 7) is 3.61. The predicted octanol–water partition coefficient (Wildman–Crippen LogP) is 2.63. The molecule has 2 heterocycles. The van der Waals surface area contributed by atoms with Crippen LogP contribution in [0.2, 0.25) is 0 Å². The topological polar surface area (TPSA) is 41.9 Å². The summed E-state index contributed by atoms with van der Waals surface area (Å²) in [6.07, 6.45) is 5.44. The largest absolute Gasteiger partial charge is 0.389 e. The normalized spacial score (nSPS) is 20.1. The smallest absolute Gasteiger partial charge is 0.253 e. The number of amides is 1. The molecular weight excluding hydrogens is 252 g/mol. The maximum Gasteiger partial charge on any atom is 0.253 e. The highest BCUT2D eigenvalue weighted by molar-refractivity contribution is 5.94. The second-order valence-corrected chi connectivity index (χ2v) is 5.61. The molecule has 0 aliphatic carbocycles.